The van der Waals surface area contributed by atoms with Crippen molar-refractivity contribution in [2.24, 2.45) is 0 Å². The van der Waals surface area contributed by atoms with Crippen molar-refractivity contribution < 1.29 is 14.7 Å². The molecule has 0 aliphatic heterocycles. The van der Waals surface area contributed by atoms with Crippen molar-refractivity contribution in [3.05, 3.63) is 90.0 Å². The number of aromatic carboxylic acids is 1. The number of hydrogen-bond donors (Lipinski definition) is 2. The number of thioether (sulfide) groups is 1. The molecule has 0 unspecified atom stereocenters. The van der Waals surface area contributed by atoms with Crippen molar-refractivity contribution >= 4 is 40.4 Å². The van der Waals surface area contributed by atoms with Gasteiger partial charge in [-0.3, -0.25) is 4.79 Å². The second kappa shape index (κ2) is 8.39. The lowest BCUT2D eigenvalue weighted by atomic mass is 9.99. The van der Waals surface area contributed by atoms with Gasteiger partial charge in [-0.2, -0.15) is 0 Å². The topological polar surface area (TPSA) is 79.3 Å². The number of pyridine rings is 1. The minimum atomic E-state index is -0.989. The van der Waals surface area contributed by atoms with Gasteiger partial charge in [0.2, 0.25) is 0 Å². The molecule has 148 valence electrons. The minimum absolute atomic E-state index is 0.197. The summed E-state index contributed by atoms with van der Waals surface area (Å²) >= 11 is 1.51. The van der Waals surface area contributed by atoms with E-state index < -0.39 is 5.97 Å². The van der Waals surface area contributed by atoms with Gasteiger partial charge in [0, 0.05) is 10.3 Å². The number of carbonyl (C=O) groups is 2. The second-order valence-electron chi connectivity index (χ2n) is 6.61. The van der Waals surface area contributed by atoms with Gasteiger partial charge < -0.3 is 10.4 Å². The normalized spacial score (nSPS) is 10.7. The number of carbonyl (C=O) groups excluding carboxylic acids is 1. The van der Waals surface area contributed by atoms with Gasteiger partial charge in [-0.15, -0.1) is 11.8 Å². The van der Waals surface area contributed by atoms with E-state index in [2.05, 4.69) is 10.3 Å². The zero-order valence-electron chi connectivity index (χ0n) is 16.1. The van der Waals surface area contributed by atoms with Crippen molar-refractivity contribution in [2.45, 2.75) is 4.90 Å². The Morgan fingerprint density at radius 2 is 1.73 bits per heavy atom. The third-order valence-corrected chi connectivity index (χ3v) is 5.52. The van der Waals surface area contributed by atoms with Crippen molar-refractivity contribution in [1.29, 1.82) is 0 Å². The van der Waals surface area contributed by atoms with E-state index in [0.717, 1.165) is 16.0 Å². The summed E-state index contributed by atoms with van der Waals surface area (Å²) in [5.74, 6) is -0.824. The maximum Gasteiger partial charge on any atom is 0.335 e. The van der Waals surface area contributed by atoms with Gasteiger partial charge in [0.25, 0.3) is 5.91 Å². The molecule has 5 nitrogen and oxygen atoms in total. The van der Waals surface area contributed by atoms with Crippen LogP contribution >= 0.6 is 11.8 Å². The predicted molar refractivity (Wildman–Crippen MR) is 120 cm³/mol. The second-order valence-corrected chi connectivity index (χ2v) is 7.46. The molecular weight excluding hydrogens is 396 g/mol. The first-order valence-electron chi connectivity index (χ1n) is 9.24. The van der Waals surface area contributed by atoms with E-state index in [0.29, 0.717) is 22.3 Å². The van der Waals surface area contributed by atoms with Crippen LogP contribution in [0.4, 0.5) is 5.82 Å². The Balaban J connectivity index is 1.70. The first kappa shape index (κ1) is 19.7. The monoisotopic (exact) mass is 414 g/mol. The van der Waals surface area contributed by atoms with Crippen LogP contribution in [-0.2, 0) is 0 Å². The number of fused-ring (bicyclic) bond motifs is 1. The molecule has 4 aromatic rings. The molecule has 0 saturated carbocycles. The summed E-state index contributed by atoms with van der Waals surface area (Å²) in [6.45, 7) is 0. The number of carboxylic acids is 1. The number of nitrogens with zero attached hydrogens (tertiary/aromatic N) is 1. The van der Waals surface area contributed by atoms with Crippen molar-refractivity contribution in [3.8, 4) is 11.1 Å². The maximum absolute atomic E-state index is 13.2. The van der Waals surface area contributed by atoms with E-state index in [1.165, 1.54) is 17.8 Å². The Labute approximate surface area is 177 Å². The fourth-order valence-electron chi connectivity index (χ4n) is 3.30. The van der Waals surface area contributed by atoms with Crippen molar-refractivity contribution in [3.63, 3.8) is 0 Å². The maximum atomic E-state index is 13.2. The molecule has 2 N–H and O–H groups in total. The number of carboxylic acid groups (broad SMARTS) is 1. The Hall–Kier alpha value is -3.64. The molecule has 0 aliphatic carbocycles. The Kier molecular flexibility index (Phi) is 5.50. The first-order chi connectivity index (χ1) is 14.6. The van der Waals surface area contributed by atoms with Crippen LogP contribution in [0.3, 0.4) is 0 Å². The van der Waals surface area contributed by atoms with Gasteiger partial charge in [0.15, 0.2) is 0 Å². The molecule has 0 saturated heterocycles. The van der Waals surface area contributed by atoms with E-state index in [9.17, 15) is 9.59 Å². The molecule has 3 aromatic carbocycles. The molecule has 0 aliphatic rings. The summed E-state index contributed by atoms with van der Waals surface area (Å²) in [5.41, 5.74) is 3.22. The fraction of sp³-hybridized carbons (Fsp3) is 0.0417. The van der Waals surface area contributed by atoms with E-state index in [-0.39, 0.29) is 11.5 Å². The zero-order chi connectivity index (χ0) is 21.1. The number of anilines is 1. The lowest BCUT2D eigenvalue weighted by Gasteiger charge is -2.14. The average molecular weight is 414 g/mol. The van der Waals surface area contributed by atoms with Gasteiger partial charge in [0.1, 0.15) is 5.82 Å². The summed E-state index contributed by atoms with van der Waals surface area (Å²) in [6.07, 6.45) is 1.94. The predicted octanol–water partition coefficient (Wildman–Crippen LogP) is 5.57. The van der Waals surface area contributed by atoms with E-state index >= 15 is 0 Å². The highest BCUT2D eigenvalue weighted by Crippen LogP contribution is 2.31. The zero-order valence-corrected chi connectivity index (χ0v) is 16.9. The van der Waals surface area contributed by atoms with Crippen LogP contribution in [0.15, 0.2) is 83.8 Å². The Morgan fingerprint density at radius 1 is 0.933 bits per heavy atom. The molecule has 0 bridgehead atoms. The summed E-state index contributed by atoms with van der Waals surface area (Å²) in [6, 6.07) is 23.7. The fourth-order valence-corrected chi connectivity index (χ4v) is 3.92. The van der Waals surface area contributed by atoms with Crippen LogP contribution in [0.5, 0.6) is 0 Å². The van der Waals surface area contributed by atoms with E-state index in [4.69, 9.17) is 5.11 Å². The minimum Gasteiger partial charge on any atom is -0.478 e. The molecule has 1 aromatic heterocycles. The van der Waals surface area contributed by atoms with Crippen LogP contribution in [0.25, 0.3) is 22.0 Å². The molecule has 0 fully saturated rings. The van der Waals surface area contributed by atoms with Gasteiger partial charge in [-0.05, 0) is 53.8 Å². The number of benzene rings is 3. The van der Waals surface area contributed by atoms with Crippen molar-refractivity contribution in [1.82, 2.24) is 4.98 Å². The quantitative estimate of drug-likeness (QED) is 0.417. The molecule has 6 heteroatoms. The van der Waals surface area contributed by atoms with Crippen LogP contribution in [-0.4, -0.2) is 28.2 Å². The Morgan fingerprint density at radius 3 is 2.47 bits per heavy atom. The highest BCUT2D eigenvalue weighted by Gasteiger charge is 2.18. The molecular formula is C24H18N2O3S. The standard InChI is InChI=1S/C24H18N2O3S/c1-30-20-9-5-8-18(15-6-3-2-4-7-15)22(20)23(27)26-21-13-11-16-14-17(24(28)29)10-12-19(16)25-21/h2-14H,1H3,(H,28,29)(H,25,26,27). The average Bonchev–Trinajstić information content (AvgIpc) is 2.78. The first-order valence-corrected chi connectivity index (χ1v) is 10.5. The van der Waals surface area contributed by atoms with Crippen LogP contribution < -0.4 is 5.32 Å². The summed E-state index contributed by atoms with van der Waals surface area (Å²) in [5, 5.41) is 12.7. The van der Waals surface area contributed by atoms with E-state index in [1.54, 1.807) is 24.3 Å². The number of hydrogen-bond acceptors (Lipinski definition) is 4. The third kappa shape index (κ3) is 3.90. The highest BCUT2D eigenvalue weighted by atomic mass is 32.2. The van der Waals surface area contributed by atoms with Gasteiger partial charge in [-0.1, -0.05) is 42.5 Å². The summed E-state index contributed by atoms with van der Waals surface area (Å²) in [4.78, 5) is 29.7. The number of aromatic nitrogens is 1. The largest absolute Gasteiger partial charge is 0.478 e. The lowest BCUT2D eigenvalue weighted by Crippen LogP contribution is -2.15. The van der Waals surface area contributed by atoms with Gasteiger partial charge in [-0.25, -0.2) is 9.78 Å². The smallest absolute Gasteiger partial charge is 0.335 e. The number of amides is 1. The highest BCUT2D eigenvalue weighted by molar-refractivity contribution is 7.98. The molecule has 0 atom stereocenters. The molecule has 30 heavy (non-hydrogen) atoms. The van der Waals surface area contributed by atoms with Crippen LogP contribution in [0.1, 0.15) is 20.7 Å². The number of nitrogens with one attached hydrogen (secondary N) is 1. The molecule has 4 rings (SSSR count). The van der Waals surface area contributed by atoms with Gasteiger partial charge >= 0.3 is 5.97 Å². The van der Waals surface area contributed by atoms with Crippen LogP contribution in [0, 0.1) is 0 Å². The number of rotatable bonds is 5. The molecule has 0 spiro atoms. The van der Waals surface area contributed by atoms with Gasteiger partial charge in [0.05, 0.1) is 16.6 Å². The summed E-state index contributed by atoms with van der Waals surface area (Å²) < 4.78 is 0. The molecule has 0 radical (unpaired) electrons. The SMILES string of the molecule is CSc1cccc(-c2ccccc2)c1C(=O)Nc1ccc2cc(C(=O)O)ccc2n1. The van der Waals surface area contributed by atoms with Crippen LogP contribution in [0.2, 0.25) is 0 Å². The Bertz CT molecular complexity index is 1260. The van der Waals surface area contributed by atoms with E-state index in [1.807, 2.05) is 54.8 Å². The summed E-state index contributed by atoms with van der Waals surface area (Å²) in [7, 11) is 0. The molecule has 1 amide bonds. The molecule has 1 heterocycles. The lowest BCUT2D eigenvalue weighted by molar-refractivity contribution is 0.0697. The van der Waals surface area contributed by atoms with Crippen molar-refractivity contribution in [2.75, 3.05) is 11.6 Å². The third-order valence-electron chi connectivity index (χ3n) is 4.74.